The number of amides is 1. The molecule has 7 heteroatoms. The summed E-state index contributed by atoms with van der Waals surface area (Å²) in [6.07, 6.45) is 5.91. The maximum absolute atomic E-state index is 14.1. The molecular formula is C29H28N4O3. The van der Waals surface area contributed by atoms with Crippen LogP contribution in [0.15, 0.2) is 85.3 Å². The Kier molecular flexibility index (Phi) is 6.80. The molecule has 5 rings (SSSR count). The van der Waals surface area contributed by atoms with Crippen LogP contribution in [-0.2, 0) is 13.0 Å². The average molecular weight is 481 g/mol. The highest BCUT2D eigenvalue weighted by molar-refractivity contribution is 5.99. The monoisotopic (exact) mass is 480 g/mol. The predicted octanol–water partition coefficient (Wildman–Crippen LogP) is 4.89. The number of rotatable bonds is 7. The van der Waals surface area contributed by atoms with Crippen LogP contribution in [0.25, 0.3) is 0 Å². The van der Waals surface area contributed by atoms with Crippen LogP contribution in [0, 0.1) is 0 Å². The largest absolute Gasteiger partial charge is 0.493 e. The van der Waals surface area contributed by atoms with Crippen molar-refractivity contribution in [2.45, 2.75) is 19.0 Å². The van der Waals surface area contributed by atoms with Crippen molar-refractivity contribution in [3.05, 3.63) is 113 Å². The molecule has 4 aromatic rings. The highest BCUT2D eigenvalue weighted by Crippen LogP contribution is 2.41. The fraction of sp³-hybridized carbons (Fsp3) is 0.207. The Morgan fingerprint density at radius 3 is 2.47 bits per heavy atom. The second-order valence-electron chi connectivity index (χ2n) is 8.58. The van der Waals surface area contributed by atoms with Gasteiger partial charge in [-0.2, -0.15) is 0 Å². The highest BCUT2D eigenvalue weighted by atomic mass is 16.5. The molecule has 1 atom stereocenters. The van der Waals surface area contributed by atoms with Crippen LogP contribution in [0.3, 0.4) is 0 Å². The van der Waals surface area contributed by atoms with Crippen molar-refractivity contribution in [3.8, 4) is 11.5 Å². The molecule has 2 aromatic carbocycles. The van der Waals surface area contributed by atoms with Gasteiger partial charge in [0.05, 0.1) is 25.8 Å². The van der Waals surface area contributed by atoms with Gasteiger partial charge in [0.1, 0.15) is 5.82 Å². The van der Waals surface area contributed by atoms with E-state index < -0.39 is 0 Å². The van der Waals surface area contributed by atoms with Gasteiger partial charge in [-0.25, -0.2) is 4.98 Å². The molecule has 2 aromatic heterocycles. The van der Waals surface area contributed by atoms with Crippen LogP contribution in [0.2, 0.25) is 0 Å². The zero-order valence-corrected chi connectivity index (χ0v) is 20.3. The summed E-state index contributed by atoms with van der Waals surface area (Å²) in [4.78, 5) is 24.6. The van der Waals surface area contributed by atoms with E-state index in [4.69, 9.17) is 9.47 Å². The zero-order chi connectivity index (χ0) is 24.9. The number of fused-ring (bicyclic) bond motifs is 1. The normalized spacial score (nSPS) is 14.6. The van der Waals surface area contributed by atoms with Crippen molar-refractivity contribution in [2.75, 3.05) is 26.1 Å². The quantitative estimate of drug-likeness (QED) is 0.406. The molecule has 1 aliphatic rings. The topological polar surface area (TPSA) is 76.6 Å². The van der Waals surface area contributed by atoms with Crippen molar-refractivity contribution < 1.29 is 14.3 Å². The molecule has 0 spiro atoms. The van der Waals surface area contributed by atoms with Gasteiger partial charge in [-0.3, -0.25) is 9.78 Å². The van der Waals surface area contributed by atoms with Crippen LogP contribution >= 0.6 is 0 Å². The van der Waals surface area contributed by atoms with Crippen molar-refractivity contribution in [1.29, 1.82) is 0 Å². The number of hydrogen-bond acceptors (Lipinski definition) is 6. The standard InChI is InChI=1S/C29H28N4O3/c1-35-25-17-22-12-16-33(27(21-7-4-3-5-8-21)24(22)18-26(25)36-2)29(34)23-9-6-13-31-28(23)32-19-20-10-14-30-15-11-20/h3-11,13-15,17-18,27H,12,16,19H2,1-2H3,(H,31,32). The van der Waals surface area contributed by atoms with Crippen LogP contribution in [-0.4, -0.2) is 41.5 Å². The van der Waals surface area contributed by atoms with Gasteiger partial charge in [0.25, 0.3) is 5.91 Å². The Morgan fingerprint density at radius 1 is 0.972 bits per heavy atom. The molecule has 0 bridgehead atoms. The number of anilines is 1. The van der Waals surface area contributed by atoms with Crippen molar-refractivity contribution in [3.63, 3.8) is 0 Å². The molecule has 0 fully saturated rings. The van der Waals surface area contributed by atoms with Crippen LogP contribution in [0.4, 0.5) is 5.82 Å². The molecule has 0 saturated heterocycles. The van der Waals surface area contributed by atoms with E-state index in [0.29, 0.717) is 42.4 Å². The molecule has 3 heterocycles. The van der Waals surface area contributed by atoms with E-state index in [1.165, 1.54) is 0 Å². The van der Waals surface area contributed by atoms with Gasteiger partial charge in [0.15, 0.2) is 11.5 Å². The number of benzene rings is 2. The maximum Gasteiger partial charge on any atom is 0.258 e. The number of hydrogen-bond donors (Lipinski definition) is 1. The first-order valence-corrected chi connectivity index (χ1v) is 11.9. The van der Waals surface area contributed by atoms with Gasteiger partial charge < -0.3 is 19.7 Å². The molecular weight excluding hydrogens is 452 g/mol. The number of nitrogens with one attached hydrogen (secondary N) is 1. The average Bonchev–Trinajstić information content (AvgIpc) is 2.95. The molecule has 7 nitrogen and oxygen atoms in total. The molecule has 0 radical (unpaired) electrons. The molecule has 1 N–H and O–H groups in total. The summed E-state index contributed by atoms with van der Waals surface area (Å²) in [6, 6.07) is 21.4. The molecule has 182 valence electrons. The van der Waals surface area contributed by atoms with Crippen LogP contribution in [0.5, 0.6) is 11.5 Å². The Hall–Kier alpha value is -4.39. The lowest BCUT2D eigenvalue weighted by molar-refractivity contribution is 0.0694. The van der Waals surface area contributed by atoms with E-state index in [0.717, 1.165) is 22.3 Å². The summed E-state index contributed by atoms with van der Waals surface area (Å²) in [7, 11) is 3.27. The first-order chi connectivity index (χ1) is 17.7. The minimum atomic E-state index is -0.268. The van der Waals surface area contributed by atoms with Crippen molar-refractivity contribution in [2.24, 2.45) is 0 Å². The SMILES string of the molecule is COc1cc2c(cc1OC)C(c1ccccc1)N(C(=O)c1cccnc1NCc1ccncc1)CC2. The fourth-order valence-corrected chi connectivity index (χ4v) is 4.72. The first-order valence-electron chi connectivity index (χ1n) is 11.9. The van der Waals surface area contributed by atoms with E-state index >= 15 is 0 Å². The molecule has 0 saturated carbocycles. The van der Waals surface area contributed by atoms with Crippen LogP contribution < -0.4 is 14.8 Å². The van der Waals surface area contributed by atoms with Gasteiger partial charge in [0, 0.05) is 31.7 Å². The van der Waals surface area contributed by atoms with E-state index in [9.17, 15) is 4.79 Å². The summed E-state index contributed by atoms with van der Waals surface area (Å²) in [5.41, 5.74) is 4.82. The lowest BCUT2D eigenvalue weighted by Gasteiger charge is -2.38. The fourth-order valence-electron chi connectivity index (χ4n) is 4.72. The first kappa shape index (κ1) is 23.4. The van der Waals surface area contributed by atoms with Gasteiger partial charge in [-0.15, -0.1) is 0 Å². The number of carbonyl (C=O) groups excluding carboxylic acids is 1. The molecule has 1 aliphatic heterocycles. The summed E-state index contributed by atoms with van der Waals surface area (Å²) >= 11 is 0. The number of aromatic nitrogens is 2. The number of ether oxygens (including phenoxy) is 2. The minimum Gasteiger partial charge on any atom is -0.493 e. The smallest absolute Gasteiger partial charge is 0.258 e. The van der Waals surface area contributed by atoms with E-state index in [-0.39, 0.29) is 11.9 Å². The number of pyridine rings is 2. The second kappa shape index (κ2) is 10.5. The van der Waals surface area contributed by atoms with Crippen LogP contribution in [0.1, 0.15) is 38.7 Å². The van der Waals surface area contributed by atoms with Gasteiger partial charge >= 0.3 is 0 Å². The lowest BCUT2D eigenvalue weighted by Crippen LogP contribution is -2.41. The van der Waals surface area contributed by atoms with Crippen molar-refractivity contribution >= 4 is 11.7 Å². The van der Waals surface area contributed by atoms with E-state index in [1.54, 1.807) is 38.9 Å². The van der Waals surface area contributed by atoms with Gasteiger partial charge in [-0.1, -0.05) is 30.3 Å². The lowest BCUT2D eigenvalue weighted by atomic mass is 9.87. The Balaban J connectivity index is 1.53. The number of carbonyl (C=O) groups is 1. The molecule has 1 amide bonds. The predicted molar refractivity (Wildman–Crippen MR) is 138 cm³/mol. The summed E-state index contributed by atoms with van der Waals surface area (Å²) in [5, 5.41) is 3.33. The van der Waals surface area contributed by atoms with E-state index in [1.807, 2.05) is 53.4 Å². The molecule has 1 unspecified atom stereocenters. The Morgan fingerprint density at radius 2 is 1.72 bits per heavy atom. The number of methoxy groups -OCH3 is 2. The van der Waals surface area contributed by atoms with Crippen molar-refractivity contribution in [1.82, 2.24) is 14.9 Å². The zero-order valence-electron chi connectivity index (χ0n) is 20.3. The summed E-state index contributed by atoms with van der Waals surface area (Å²) in [6.45, 7) is 1.11. The summed E-state index contributed by atoms with van der Waals surface area (Å²) < 4.78 is 11.1. The van der Waals surface area contributed by atoms with E-state index in [2.05, 4.69) is 27.4 Å². The third-order valence-corrected chi connectivity index (χ3v) is 6.50. The number of nitrogens with zero attached hydrogens (tertiary/aromatic N) is 3. The Labute approximate surface area is 210 Å². The molecule has 0 aliphatic carbocycles. The summed E-state index contributed by atoms with van der Waals surface area (Å²) in [5.74, 6) is 1.82. The second-order valence-corrected chi connectivity index (χ2v) is 8.58. The minimum absolute atomic E-state index is 0.0744. The maximum atomic E-state index is 14.1. The Bertz CT molecular complexity index is 1350. The third-order valence-electron chi connectivity index (χ3n) is 6.50. The molecule has 36 heavy (non-hydrogen) atoms. The highest BCUT2D eigenvalue weighted by Gasteiger charge is 2.34. The van der Waals surface area contributed by atoms with Gasteiger partial charge in [-0.05, 0) is 65.1 Å². The third kappa shape index (κ3) is 4.60. The van der Waals surface area contributed by atoms with Gasteiger partial charge in [0.2, 0.25) is 0 Å².